The average molecular weight is 225 g/mol. The monoisotopic (exact) mass is 224 g/mol. The maximum Gasteiger partial charge on any atom is 0.218 e. The van der Waals surface area contributed by atoms with Gasteiger partial charge < -0.3 is 4.74 Å². The summed E-state index contributed by atoms with van der Waals surface area (Å²) >= 11 is 3.35. The summed E-state index contributed by atoms with van der Waals surface area (Å²) in [6.45, 7) is 5.91. The van der Waals surface area contributed by atoms with E-state index < -0.39 is 0 Å². The number of hydrogen-bond acceptors (Lipinski definition) is 2. The maximum absolute atomic E-state index is 5.21. The van der Waals surface area contributed by atoms with E-state index in [1.54, 1.807) is 10.2 Å². The van der Waals surface area contributed by atoms with Crippen molar-refractivity contribution < 1.29 is 9.31 Å². The summed E-state index contributed by atoms with van der Waals surface area (Å²) in [6.07, 6.45) is 0. The van der Waals surface area contributed by atoms with Gasteiger partial charge in [-0.25, -0.2) is 4.58 Å². The molecule has 0 N–H and O–H groups in total. The molecule has 1 heterocycles. The summed E-state index contributed by atoms with van der Waals surface area (Å²) in [5.74, 6) is 0. The van der Waals surface area contributed by atoms with Crippen LogP contribution in [0.25, 0.3) is 0 Å². The molecule has 0 radical (unpaired) electrons. The Labute approximate surface area is 72.8 Å². The maximum atomic E-state index is 5.21. The Morgan fingerprint density at radius 2 is 2.10 bits per heavy atom. The summed E-state index contributed by atoms with van der Waals surface area (Å²) in [5, 5.41) is 1.32. The largest absolute Gasteiger partial charge is 0.368 e. The van der Waals surface area contributed by atoms with Crippen LogP contribution in [0.15, 0.2) is 0 Å². The van der Waals surface area contributed by atoms with E-state index in [1.807, 2.05) is 0 Å². The second-order valence-corrected chi connectivity index (χ2v) is 3.91. The molecule has 1 fully saturated rings. The lowest BCUT2D eigenvalue weighted by atomic mass is 10.5. The standard InChI is InChI=1S/C6H11BrNOS/c1-6(10-7)8-2-4-9-5-3-8/h2-5H2,1H3/q+1. The SMILES string of the molecule is CC(SBr)=[N+]1CCOCC1. The first-order valence-electron chi connectivity index (χ1n) is 3.29. The van der Waals surface area contributed by atoms with E-state index in [2.05, 4.69) is 26.3 Å². The van der Waals surface area contributed by atoms with E-state index in [4.69, 9.17) is 4.74 Å². The molecule has 0 aromatic rings. The predicted molar refractivity (Wildman–Crippen MR) is 48.0 cm³/mol. The number of halogens is 1. The van der Waals surface area contributed by atoms with Crippen molar-refractivity contribution in [2.24, 2.45) is 0 Å². The minimum atomic E-state index is 0.866. The molecule has 1 saturated heterocycles. The van der Waals surface area contributed by atoms with Crippen molar-refractivity contribution in [2.45, 2.75) is 6.92 Å². The summed E-state index contributed by atoms with van der Waals surface area (Å²) < 4.78 is 7.54. The van der Waals surface area contributed by atoms with Crippen molar-refractivity contribution >= 4 is 30.1 Å². The molecule has 0 bridgehead atoms. The van der Waals surface area contributed by atoms with Crippen molar-refractivity contribution in [3.8, 4) is 0 Å². The Bertz CT molecular complexity index is 141. The zero-order chi connectivity index (χ0) is 7.40. The van der Waals surface area contributed by atoms with Gasteiger partial charge in [0, 0.05) is 31.9 Å². The molecule has 0 atom stereocenters. The molecule has 0 aromatic carbocycles. The second kappa shape index (κ2) is 4.36. The van der Waals surface area contributed by atoms with Crippen LogP contribution >= 0.6 is 25.0 Å². The second-order valence-electron chi connectivity index (χ2n) is 2.20. The number of ether oxygens (including phenoxy) is 1. The molecule has 0 aliphatic carbocycles. The van der Waals surface area contributed by atoms with Crippen LogP contribution in [0.1, 0.15) is 6.92 Å². The van der Waals surface area contributed by atoms with Crippen molar-refractivity contribution in [3.63, 3.8) is 0 Å². The van der Waals surface area contributed by atoms with E-state index >= 15 is 0 Å². The minimum absolute atomic E-state index is 0.866. The highest BCUT2D eigenvalue weighted by Crippen LogP contribution is 2.12. The molecule has 1 aliphatic rings. The molecule has 0 amide bonds. The molecular weight excluding hydrogens is 214 g/mol. The number of hydrogen-bond donors (Lipinski definition) is 0. The Hall–Kier alpha value is 0.460. The minimum Gasteiger partial charge on any atom is -0.368 e. The van der Waals surface area contributed by atoms with Crippen molar-refractivity contribution in [1.82, 2.24) is 0 Å². The van der Waals surface area contributed by atoms with Gasteiger partial charge in [-0.3, -0.25) is 0 Å². The van der Waals surface area contributed by atoms with Gasteiger partial charge in [-0.05, 0) is 0 Å². The van der Waals surface area contributed by atoms with E-state index in [-0.39, 0.29) is 0 Å². The molecule has 10 heavy (non-hydrogen) atoms. The van der Waals surface area contributed by atoms with Crippen LogP contribution in [0.3, 0.4) is 0 Å². The zero-order valence-corrected chi connectivity index (χ0v) is 8.37. The Balaban J connectivity index is 2.51. The number of nitrogens with zero attached hydrogens (tertiary/aromatic N) is 1. The van der Waals surface area contributed by atoms with Gasteiger partial charge in [-0.1, -0.05) is 0 Å². The quantitative estimate of drug-likeness (QED) is 0.457. The summed E-state index contributed by atoms with van der Waals surface area (Å²) in [4.78, 5) is 0. The van der Waals surface area contributed by atoms with E-state index in [0.29, 0.717) is 0 Å². The fourth-order valence-corrected chi connectivity index (χ4v) is 1.82. The highest BCUT2D eigenvalue weighted by molar-refractivity contribution is 9.52. The Morgan fingerprint density at radius 1 is 1.50 bits per heavy atom. The highest BCUT2D eigenvalue weighted by atomic mass is 79.9. The highest BCUT2D eigenvalue weighted by Gasteiger charge is 2.14. The first kappa shape index (κ1) is 8.56. The van der Waals surface area contributed by atoms with Crippen LogP contribution in [0.5, 0.6) is 0 Å². The summed E-state index contributed by atoms with van der Waals surface area (Å²) in [7, 11) is 1.63. The van der Waals surface area contributed by atoms with Gasteiger partial charge in [0.2, 0.25) is 5.04 Å². The molecule has 1 aliphatic heterocycles. The van der Waals surface area contributed by atoms with Crippen LogP contribution in [-0.4, -0.2) is 35.9 Å². The molecule has 0 saturated carbocycles. The van der Waals surface area contributed by atoms with Gasteiger partial charge in [0.15, 0.2) is 13.1 Å². The molecule has 0 unspecified atom stereocenters. The molecule has 0 spiro atoms. The molecule has 0 aromatic heterocycles. The smallest absolute Gasteiger partial charge is 0.218 e. The Kier molecular flexibility index (Phi) is 3.73. The molecular formula is C6H11BrNOS+. The van der Waals surface area contributed by atoms with Crippen molar-refractivity contribution in [1.29, 1.82) is 0 Å². The lowest BCUT2D eigenvalue weighted by molar-refractivity contribution is -0.547. The van der Waals surface area contributed by atoms with Gasteiger partial charge in [0.25, 0.3) is 0 Å². The molecule has 4 heteroatoms. The first-order valence-corrected chi connectivity index (χ1v) is 5.95. The zero-order valence-electron chi connectivity index (χ0n) is 5.97. The summed E-state index contributed by atoms with van der Waals surface area (Å²) in [5.41, 5.74) is 0. The number of morpholine rings is 1. The number of rotatable bonds is 0. The molecule has 2 nitrogen and oxygen atoms in total. The topological polar surface area (TPSA) is 12.2 Å². The van der Waals surface area contributed by atoms with Crippen LogP contribution in [0.4, 0.5) is 0 Å². The van der Waals surface area contributed by atoms with E-state index in [9.17, 15) is 0 Å². The fourth-order valence-electron chi connectivity index (χ4n) is 0.927. The van der Waals surface area contributed by atoms with Crippen LogP contribution in [-0.2, 0) is 4.74 Å². The third kappa shape index (κ3) is 2.25. The average Bonchev–Trinajstić information content (AvgIpc) is 2.05. The lowest BCUT2D eigenvalue weighted by Crippen LogP contribution is -2.31. The van der Waals surface area contributed by atoms with E-state index in [0.717, 1.165) is 26.3 Å². The third-order valence-electron chi connectivity index (χ3n) is 1.57. The lowest BCUT2D eigenvalue weighted by Gasteiger charge is -2.11. The molecule has 58 valence electrons. The molecule has 1 rings (SSSR count). The van der Waals surface area contributed by atoms with Gasteiger partial charge in [0.1, 0.15) is 13.2 Å². The fraction of sp³-hybridized carbons (Fsp3) is 0.833. The van der Waals surface area contributed by atoms with Crippen LogP contribution < -0.4 is 0 Å². The van der Waals surface area contributed by atoms with Crippen molar-refractivity contribution in [3.05, 3.63) is 0 Å². The van der Waals surface area contributed by atoms with Crippen LogP contribution in [0, 0.1) is 0 Å². The normalized spacial score (nSPS) is 19.2. The van der Waals surface area contributed by atoms with Gasteiger partial charge in [-0.2, -0.15) is 0 Å². The van der Waals surface area contributed by atoms with E-state index in [1.165, 1.54) is 5.04 Å². The van der Waals surface area contributed by atoms with Gasteiger partial charge in [-0.15, -0.1) is 0 Å². The van der Waals surface area contributed by atoms with Gasteiger partial charge in [0.05, 0.1) is 0 Å². The first-order chi connectivity index (χ1) is 4.84. The predicted octanol–water partition coefficient (Wildman–Crippen LogP) is 1.49. The summed E-state index contributed by atoms with van der Waals surface area (Å²) in [6, 6.07) is 0. The Morgan fingerprint density at radius 3 is 2.60 bits per heavy atom. The third-order valence-corrected chi connectivity index (χ3v) is 3.46. The van der Waals surface area contributed by atoms with Crippen molar-refractivity contribution in [2.75, 3.05) is 26.3 Å². The van der Waals surface area contributed by atoms with Gasteiger partial charge >= 0.3 is 0 Å². The van der Waals surface area contributed by atoms with Crippen LogP contribution in [0.2, 0.25) is 0 Å².